The number of hydrogen-bond acceptors (Lipinski definition) is 4. The molecule has 1 N–H and O–H groups in total. The van der Waals surface area contributed by atoms with E-state index in [4.69, 9.17) is 11.6 Å². The van der Waals surface area contributed by atoms with Gasteiger partial charge in [0, 0.05) is 10.8 Å². The molecule has 1 aromatic carbocycles. The summed E-state index contributed by atoms with van der Waals surface area (Å²) in [6, 6.07) is 7.13. The van der Waals surface area contributed by atoms with Crippen LogP contribution in [0.5, 0.6) is 5.75 Å². The van der Waals surface area contributed by atoms with Crippen LogP contribution in [0.3, 0.4) is 0 Å². The summed E-state index contributed by atoms with van der Waals surface area (Å²) in [4.78, 5) is 12.9. The van der Waals surface area contributed by atoms with Crippen LogP contribution in [-0.4, -0.2) is 14.9 Å². The fourth-order valence-electron chi connectivity index (χ4n) is 2.06. The molecule has 0 amide bonds. The summed E-state index contributed by atoms with van der Waals surface area (Å²) in [6.07, 6.45) is 1.61. The third kappa shape index (κ3) is 3.47. The molecule has 6 heteroatoms. The Balaban J connectivity index is 2.34. The first-order valence-corrected chi connectivity index (χ1v) is 8.20. The predicted molar refractivity (Wildman–Crippen MR) is 90.9 cm³/mol. The average Bonchev–Trinajstić information content (AvgIpc) is 2.43. The van der Waals surface area contributed by atoms with Crippen molar-refractivity contribution in [3.05, 3.63) is 51.4 Å². The smallest absolute Gasteiger partial charge is 0.287 e. The molecule has 1 unspecified atom stereocenters. The number of aromatic nitrogens is 2. The molecule has 0 aliphatic carbocycles. The maximum Gasteiger partial charge on any atom is 0.287 e. The second-order valence-electron chi connectivity index (χ2n) is 6.03. The predicted octanol–water partition coefficient (Wildman–Crippen LogP) is 4.21. The fraction of sp³-hybridized carbons (Fsp3) is 0.375. The number of aromatic hydroxyl groups is 1. The van der Waals surface area contributed by atoms with E-state index in [2.05, 4.69) is 5.10 Å². The van der Waals surface area contributed by atoms with E-state index in [1.165, 1.54) is 16.4 Å². The molecule has 0 spiro atoms. The van der Waals surface area contributed by atoms with Gasteiger partial charge in [0.05, 0.1) is 16.6 Å². The summed E-state index contributed by atoms with van der Waals surface area (Å²) < 4.78 is 1.38. The monoisotopic (exact) mass is 338 g/mol. The van der Waals surface area contributed by atoms with Gasteiger partial charge in [-0.1, -0.05) is 29.8 Å². The lowest BCUT2D eigenvalue weighted by Crippen LogP contribution is -2.36. The minimum atomic E-state index is -0.423. The van der Waals surface area contributed by atoms with Gasteiger partial charge in [-0.05, 0) is 33.8 Å². The SMILES string of the molecule is CC(Sc1cnn(C(C)(C)C)c(=O)c1Cl)c1ccccc1O. The van der Waals surface area contributed by atoms with Gasteiger partial charge in [-0.2, -0.15) is 5.10 Å². The lowest BCUT2D eigenvalue weighted by Gasteiger charge is -2.21. The topological polar surface area (TPSA) is 55.1 Å². The maximum absolute atomic E-state index is 12.3. The number of hydrogen-bond donors (Lipinski definition) is 1. The quantitative estimate of drug-likeness (QED) is 0.852. The minimum absolute atomic E-state index is 0.0506. The average molecular weight is 339 g/mol. The first-order chi connectivity index (χ1) is 10.2. The lowest BCUT2D eigenvalue weighted by atomic mass is 10.1. The molecule has 1 aromatic heterocycles. The minimum Gasteiger partial charge on any atom is -0.508 e. The lowest BCUT2D eigenvalue weighted by molar-refractivity contribution is 0.336. The molecule has 4 nitrogen and oxygen atoms in total. The van der Waals surface area contributed by atoms with Crippen LogP contribution in [0, 0.1) is 0 Å². The van der Waals surface area contributed by atoms with Crippen molar-refractivity contribution >= 4 is 23.4 Å². The third-order valence-electron chi connectivity index (χ3n) is 3.20. The van der Waals surface area contributed by atoms with Gasteiger partial charge in [0.2, 0.25) is 0 Å². The second-order valence-corrected chi connectivity index (χ2v) is 7.79. The summed E-state index contributed by atoms with van der Waals surface area (Å²) in [5.41, 5.74) is 0.0694. The van der Waals surface area contributed by atoms with Gasteiger partial charge in [0.25, 0.3) is 5.56 Å². The van der Waals surface area contributed by atoms with Crippen LogP contribution >= 0.6 is 23.4 Å². The molecule has 22 heavy (non-hydrogen) atoms. The van der Waals surface area contributed by atoms with Gasteiger partial charge in [0.15, 0.2) is 0 Å². The van der Waals surface area contributed by atoms with E-state index in [0.29, 0.717) is 4.90 Å². The van der Waals surface area contributed by atoms with Crippen molar-refractivity contribution in [1.82, 2.24) is 9.78 Å². The molecule has 0 bridgehead atoms. The standard InChI is InChI=1S/C16H19ClN2O2S/c1-10(11-7-5-6-8-12(11)20)22-13-9-18-19(16(2,3)4)15(21)14(13)17/h5-10,20H,1-4H3. The Bertz CT molecular complexity index is 738. The number of benzene rings is 1. The highest BCUT2D eigenvalue weighted by Crippen LogP contribution is 2.40. The number of thioether (sulfide) groups is 1. The van der Waals surface area contributed by atoms with Crippen molar-refractivity contribution < 1.29 is 5.11 Å². The molecule has 0 fully saturated rings. The van der Waals surface area contributed by atoms with E-state index in [1.807, 2.05) is 39.8 Å². The van der Waals surface area contributed by atoms with Gasteiger partial charge in [-0.15, -0.1) is 11.8 Å². The van der Waals surface area contributed by atoms with Crippen molar-refractivity contribution in [3.63, 3.8) is 0 Å². The van der Waals surface area contributed by atoms with Crippen LogP contribution in [0.4, 0.5) is 0 Å². The van der Waals surface area contributed by atoms with E-state index in [9.17, 15) is 9.90 Å². The molecule has 2 rings (SSSR count). The Morgan fingerprint density at radius 1 is 1.32 bits per heavy atom. The molecule has 0 saturated heterocycles. The summed E-state index contributed by atoms with van der Waals surface area (Å²) in [5, 5.41) is 14.2. The largest absolute Gasteiger partial charge is 0.508 e. The molecule has 0 aliphatic heterocycles. The molecule has 1 heterocycles. The number of halogens is 1. The molecule has 0 radical (unpaired) electrons. The Kier molecular flexibility index (Phi) is 4.87. The van der Waals surface area contributed by atoms with Gasteiger partial charge >= 0.3 is 0 Å². The summed E-state index contributed by atoms with van der Waals surface area (Å²) in [7, 11) is 0. The number of nitrogens with zero attached hydrogens (tertiary/aromatic N) is 2. The van der Waals surface area contributed by atoms with Crippen LogP contribution in [0.25, 0.3) is 0 Å². The highest BCUT2D eigenvalue weighted by atomic mass is 35.5. The van der Waals surface area contributed by atoms with Gasteiger partial charge in [0.1, 0.15) is 10.8 Å². The number of phenolic OH excluding ortho intramolecular Hbond substituents is 1. The Morgan fingerprint density at radius 3 is 2.55 bits per heavy atom. The molecule has 1 atom stereocenters. The summed E-state index contributed by atoms with van der Waals surface area (Å²) in [6.45, 7) is 7.64. The fourth-order valence-corrected chi connectivity index (χ4v) is 3.33. The summed E-state index contributed by atoms with van der Waals surface area (Å²) in [5.74, 6) is 0.231. The molecule has 118 valence electrons. The first-order valence-electron chi connectivity index (χ1n) is 6.94. The Labute approximate surface area is 139 Å². The maximum atomic E-state index is 12.3. The number of para-hydroxylation sites is 1. The molecular formula is C16H19ClN2O2S. The molecule has 0 saturated carbocycles. The van der Waals surface area contributed by atoms with E-state index in [-0.39, 0.29) is 21.6 Å². The molecule has 0 aliphatic rings. The van der Waals surface area contributed by atoms with Crippen LogP contribution in [0.2, 0.25) is 5.02 Å². The normalized spacial score (nSPS) is 13.1. The van der Waals surface area contributed by atoms with Crippen LogP contribution in [0.15, 0.2) is 40.2 Å². The Hall–Kier alpha value is -1.46. The first kappa shape index (κ1) is 16.9. The number of rotatable bonds is 3. The zero-order chi connectivity index (χ0) is 16.5. The van der Waals surface area contributed by atoms with E-state index in [1.54, 1.807) is 18.3 Å². The van der Waals surface area contributed by atoms with E-state index < -0.39 is 5.54 Å². The van der Waals surface area contributed by atoms with Crippen LogP contribution < -0.4 is 5.56 Å². The van der Waals surface area contributed by atoms with E-state index in [0.717, 1.165) is 5.56 Å². The summed E-state index contributed by atoms with van der Waals surface area (Å²) >= 11 is 7.62. The second kappa shape index (κ2) is 6.34. The van der Waals surface area contributed by atoms with Crippen molar-refractivity contribution in [2.45, 2.75) is 43.4 Å². The van der Waals surface area contributed by atoms with Crippen molar-refractivity contribution in [2.75, 3.05) is 0 Å². The number of phenols is 1. The van der Waals surface area contributed by atoms with Crippen molar-refractivity contribution in [3.8, 4) is 5.75 Å². The zero-order valence-corrected chi connectivity index (χ0v) is 14.6. The van der Waals surface area contributed by atoms with Gasteiger partial charge in [-0.3, -0.25) is 4.79 Å². The molecular weight excluding hydrogens is 320 g/mol. The van der Waals surface area contributed by atoms with Gasteiger partial charge < -0.3 is 5.11 Å². The van der Waals surface area contributed by atoms with Crippen LogP contribution in [-0.2, 0) is 5.54 Å². The van der Waals surface area contributed by atoms with Crippen LogP contribution in [0.1, 0.15) is 38.5 Å². The third-order valence-corrected chi connectivity index (χ3v) is 4.85. The zero-order valence-electron chi connectivity index (χ0n) is 13.0. The van der Waals surface area contributed by atoms with Gasteiger partial charge in [-0.25, -0.2) is 4.68 Å². The van der Waals surface area contributed by atoms with Crippen molar-refractivity contribution in [1.29, 1.82) is 0 Å². The van der Waals surface area contributed by atoms with E-state index >= 15 is 0 Å². The molecule has 2 aromatic rings. The van der Waals surface area contributed by atoms with Crippen molar-refractivity contribution in [2.24, 2.45) is 0 Å². The highest BCUT2D eigenvalue weighted by molar-refractivity contribution is 7.99. The highest BCUT2D eigenvalue weighted by Gasteiger charge is 2.21. The Morgan fingerprint density at radius 2 is 1.95 bits per heavy atom.